The Morgan fingerprint density at radius 2 is 1.45 bits per heavy atom. The lowest BCUT2D eigenvalue weighted by molar-refractivity contribution is 0.212. The molecule has 0 bridgehead atoms. The topological polar surface area (TPSA) is 44.0 Å². The van der Waals surface area contributed by atoms with E-state index >= 15 is 0 Å². The van der Waals surface area contributed by atoms with Crippen LogP contribution in [0.3, 0.4) is 0 Å². The van der Waals surface area contributed by atoms with Crippen molar-refractivity contribution < 1.29 is 5.11 Å². The lowest BCUT2D eigenvalue weighted by Gasteiger charge is -2.15. The SMILES string of the molecule is CCC(O)C(C#N)=C(c1ccccc1)c1ccccc1. The summed E-state index contributed by atoms with van der Waals surface area (Å²) in [5.74, 6) is 0. The van der Waals surface area contributed by atoms with Crippen LogP contribution >= 0.6 is 0 Å². The molecule has 0 saturated carbocycles. The highest BCUT2D eigenvalue weighted by atomic mass is 16.3. The molecule has 0 spiro atoms. The van der Waals surface area contributed by atoms with Crippen molar-refractivity contribution in [3.05, 3.63) is 77.4 Å². The Bertz CT molecular complexity index is 582. The second-order valence-corrected chi connectivity index (χ2v) is 4.56. The molecule has 0 aliphatic carbocycles. The van der Waals surface area contributed by atoms with Gasteiger partial charge in [-0.3, -0.25) is 0 Å². The summed E-state index contributed by atoms with van der Waals surface area (Å²) >= 11 is 0. The summed E-state index contributed by atoms with van der Waals surface area (Å²) in [6.07, 6.45) is -0.220. The zero-order valence-corrected chi connectivity index (χ0v) is 11.5. The number of nitriles is 1. The molecule has 20 heavy (non-hydrogen) atoms. The van der Waals surface area contributed by atoms with Gasteiger partial charge < -0.3 is 5.11 Å². The van der Waals surface area contributed by atoms with E-state index in [0.29, 0.717) is 12.0 Å². The first-order chi connectivity index (χ1) is 9.77. The minimum atomic E-state index is -0.740. The van der Waals surface area contributed by atoms with Crippen LogP contribution in [0.2, 0.25) is 0 Å². The fourth-order valence-electron chi connectivity index (χ4n) is 2.19. The van der Waals surface area contributed by atoms with Gasteiger partial charge >= 0.3 is 0 Å². The van der Waals surface area contributed by atoms with Crippen molar-refractivity contribution in [2.75, 3.05) is 0 Å². The quantitative estimate of drug-likeness (QED) is 0.853. The van der Waals surface area contributed by atoms with Gasteiger partial charge in [-0.1, -0.05) is 67.6 Å². The maximum atomic E-state index is 10.1. The Balaban J connectivity index is 2.68. The van der Waals surface area contributed by atoms with Gasteiger partial charge in [0.1, 0.15) is 0 Å². The van der Waals surface area contributed by atoms with Gasteiger partial charge in [0, 0.05) is 5.57 Å². The summed E-state index contributed by atoms with van der Waals surface area (Å²) in [5.41, 5.74) is 3.12. The third-order valence-electron chi connectivity index (χ3n) is 3.23. The Kier molecular flexibility index (Phi) is 4.70. The van der Waals surface area contributed by atoms with Crippen LogP contribution in [0.4, 0.5) is 0 Å². The molecule has 2 nitrogen and oxygen atoms in total. The molecular formula is C18H17NO. The molecule has 1 unspecified atom stereocenters. The van der Waals surface area contributed by atoms with Crippen molar-refractivity contribution in [3.63, 3.8) is 0 Å². The summed E-state index contributed by atoms with van der Waals surface area (Å²) < 4.78 is 0. The van der Waals surface area contributed by atoms with E-state index in [0.717, 1.165) is 16.7 Å². The normalized spacial score (nSPS) is 11.4. The van der Waals surface area contributed by atoms with Crippen LogP contribution in [-0.4, -0.2) is 11.2 Å². The molecule has 1 N–H and O–H groups in total. The van der Waals surface area contributed by atoms with Crippen LogP contribution in [0.1, 0.15) is 24.5 Å². The van der Waals surface area contributed by atoms with Crippen molar-refractivity contribution in [2.45, 2.75) is 19.4 Å². The maximum absolute atomic E-state index is 10.1. The lowest BCUT2D eigenvalue weighted by atomic mass is 9.90. The minimum Gasteiger partial charge on any atom is -0.388 e. The van der Waals surface area contributed by atoms with Gasteiger partial charge in [0.2, 0.25) is 0 Å². The number of rotatable bonds is 4. The molecule has 0 saturated heterocycles. The van der Waals surface area contributed by atoms with E-state index in [9.17, 15) is 10.4 Å². The van der Waals surface area contributed by atoms with Crippen LogP contribution in [0, 0.1) is 11.3 Å². The van der Waals surface area contributed by atoms with E-state index in [4.69, 9.17) is 0 Å². The zero-order valence-electron chi connectivity index (χ0n) is 11.5. The molecule has 2 rings (SSSR count). The number of nitrogens with zero attached hydrogens (tertiary/aromatic N) is 1. The van der Waals surface area contributed by atoms with Crippen LogP contribution in [0.15, 0.2) is 66.2 Å². The predicted molar refractivity (Wildman–Crippen MR) is 80.8 cm³/mol. The molecule has 1 atom stereocenters. The number of aliphatic hydroxyl groups excluding tert-OH is 1. The van der Waals surface area contributed by atoms with Gasteiger partial charge in [0.25, 0.3) is 0 Å². The molecule has 2 aromatic rings. The molecule has 0 heterocycles. The molecule has 0 fully saturated rings. The van der Waals surface area contributed by atoms with E-state index in [1.54, 1.807) is 0 Å². The molecule has 0 amide bonds. The van der Waals surface area contributed by atoms with Gasteiger partial charge in [-0.15, -0.1) is 0 Å². The monoisotopic (exact) mass is 263 g/mol. The summed E-state index contributed by atoms with van der Waals surface area (Å²) in [7, 11) is 0. The Labute approximate surface area is 119 Å². The van der Waals surface area contributed by atoms with E-state index < -0.39 is 6.10 Å². The van der Waals surface area contributed by atoms with E-state index in [1.807, 2.05) is 67.6 Å². The largest absolute Gasteiger partial charge is 0.388 e. The lowest BCUT2D eigenvalue weighted by Crippen LogP contribution is -2.10. The van der Waals surface area contributed by atoms with Crippen molar-refractivity contribution in [1.82, 2.24) is 0 Å². The summed E-state index contributed by atoms with van der Waals surface area (Å²) in [6, 6.07) is 21.6. The van der Waals surface area contributed by atoms with Crippen LogP contribution < -0.4 is 0 Å². The first-order valence-corrected chi connectivity index (χ1v) is 6.71. The number of aliphatic hydroxyl groups is 1. The van der Waals surface area contributed by atoms with Gasteiger partial charge in [-0.05, 0) is 17.5 Å². The smallest absolute Gasteiger partial charge is 0.0981 e. The fourth-order valence-corrected chi connectivity index (χ4v) is 2.19. The highest BCUT2D eigenvalue weighted by Crippen LogP contribution is 2.28. The molecule has 0 aliphatic rings. The van der Waals surface area contributed by atoms with Gasteiger partial charge in [0.15, 0.2) is 0 Å². The maximum Gasteiger partial charge on any atom is 0.0981 e. The molecule has 100 valence electrons. The molecule has 0 radical (unpaired) electrons. The van der Waals surface area contributed by atoms with E-state index in [-0.39, 0.29) is 0 Å². The third-order valence-corrected chi connectivity index (χ3v) is 3.23. The minimum absolute atomic E-state index is 0.421. The highest BCUT2D eigenvalue weighted by Gasteiger charge is 2.17. The molecule has 2 heteroatoms. The average Bonchev–Trinajstić information content (AvgIpc) is 2.53. The van der Waals surface area contributed by atoms with E-state index in [2.05, 4.69) is 6.07 Å². The van der Waals surface area contributed by atoms with Crippen LogP contribution in [-0.2, 0) is 0 Å². The van der Waals surface area contributed by atoms with Gasteiger partial charge in [-0.25, -0.2) is 0 Å². The van der Waals surface area contributed by atoms with Crippen molar-refractivity contribution >= 4 is 5.57 Å². The number of hydrogen-bond acceptors (Lipinski definition) is 2. The second kappa shape index (κ2) is 6.70. The standard InChI is InChI=1S/C18H17NO/c1-2-17(20)16(13-19)18(14-9-5-3-6-10-14)15-11-7-4-8-12-15/h3-12,17,20H,2H2,1H3. The summed E-state index contributed by atoms with van der Waals surface area (Å²) in [4.78, 5) is 0. The summed E-state index contributed by atoms with van der Waals surface area (Å²) in [6.45, 7) is 1.87. The first-order valence-electron chi connectivity index (χ1n) is 6.71. The first kappa shape index (κ1) is 14.0. The second-order valence-electron chi connectivity index (χ2n) is 4.56. The van der Waals surface area contributed by atoms with Crippen molar-refractivity contribution in [1.29, 1.82) is 5.26 Å². The highest BCUT2D eigenvalue weighted by molar-refractivity contribution is 5.84. The Morgan fingerprint density at radius 1 is 1.00 bits per heavy atom. The Hall–Kier alpha value is -2.37. The molecule has 0 aromatic heterocycles. The number of hydrogen-bond donors (Lipinski definition) is 1. The predicted octanol–water partition coefficient (Wildman–Crippen LogP) is 3.78. The zero-order chi connectivity index (χ0) is 14.4. The number of benzene rings is 2. The summed E-state index contributed by atoms with van der Waals surface area (Å²) in [5, 5.41) is 19.6. The average molecular weight is 263 g/mol. The van der Waals surface area contributed by atoms with Crippen LogP contribution in [0.5, 0.6) is 0 Å². The van der Waals surface area contributed by atoms with Crippen molar-refractivity contribution in [2.24, 2.45) is 0 Å². The molecule has 2 aromatic carbocycles. The fraction of sp³-hybridized carbons (Fsp3) is 0.167. The molecular weight excluding hydrogens is 246 g/mol. The molecule has 0 aliphatic heterocycles. The van der Waals surface area contributed by atoms with Crippen LogP contribution in [0.25, 0.3) is 5.57 Å². The van der Waals surface area contributed by atoms with Gasteiger partial charge in [0.05, 0.1) is 17.7 Å². The van der Waals surface area contributed by atoms with E-state index in [1.165, 1.54) is 0 Å². The van der Waals surface area contributed by atoms with Crippen molar-refractivity contribution in [3.8, 4) is 6.07 Å². The van der Waals surface area contributed by atoms with Gasteiger partial charge in [-0.2, -0.15) is 5.26 Å². The third kappa shape index (κ3) is 2.96. The Morgan fingerprint density at radius 3 is 1.80 bits per heavy atom.